The molecule has 5 heteroatoms. The molecular weight excluding hydrogens is 338 g/mol. The average Bonchev–Trinajstić information content (AvgIpc) is 3.15. The number of carbonyl (C=O) groups excluding carboxylic acids is 1. The van der Waals surface area contributed by atoms with Crippen LogP contribution in [0.1, 0.15) is 23.2 Å². The molecule has 1 amide bonds. The van der Waals surface area contributed by atoms with Crippen LogP contribution in [-0.4, -0.2) is 32.8 Å². The number of methoxy groups -OCH3 is 1. The second-order valence-corrected chi connectivity index (χ2v) is 6.63. The lowest BCUT2D eigenvalue weighted by Crippen LogP contribution is -2.26. The maximum Gasteiger partial charge on any atom is 0.251 e. The molecule has 4 nitrogen and oxygen atoms in total. The summed E-state index contributed by atoms with van der Waals surface area (Å²) in [4.78, 5) is 12.3. The van der Waals surface area contributed by atoms with Crippen molar-refractivity contribution in [1.29, 1.82) is 0 Å². The normalized spacial score (nSPS) is 16.6. The topological polar surface area (TPSA) is 47.6 Å². The number of ether oxygens (including phenoxy) is 2. The summed E-state index contributed by atoms with van der Waals surface area (Å²) in [6, 6.07) is 13.0. The number of hydrogen-bond donors (Lipinski definition) is 1. The molecule has 0 radical (unpaired) electrons. The fourth-order valence-corrected chi connectivity index (χ4v) is 3.18. The zero-order chi connectivity index (χ0) is 17.6. The SMILES string of the molecule is COc1ccc(Cl)cc1-c1ccc(C(=O)NCC[C@H]2CCOC2)cc1. The number of nitrogens with one attached hydrogen (secondary N) is 1. The maximum atomic E-state index is 12.3. The minimum atomic E-state index is -0.0523. The summed E-state index contributed by atoms with van der Waals surface area (Å²) in [6.07, 6.45) is 2.05. The van der Waals surface area contributed by atoms with Gasteiger partial charge in [0.25, 0.3) is 5.91 Å². The Morgan fingerprint density at radius 2 is 2.08 bits per heavy atom. The van der Waals surface area contributed by atoms with Gasteiger partial charge in [-0.05, 0) is 54.7 Å². The number of hydrogen-bond acceptors (Lipinski definition) is 3. The van der Waals surface area contributed by atoms with Crippen LogP contribution in [0.4, 0.5) is 0 Å². The van der Waals surface area contributed by atoms with Crippen LogP contribution in [0.2, 0.25) is 5.02 Å². The molecular formula is C20H22ClNO3. The third-order valence-electron chi connectivity index (χ3n) is 4.48. The monoisotopic (exact) mass is 359 g/mol. The molecule has 2 aromatic rings. The minimum absolute atomic E-state index is 0.0523. The third kappa shape index (κ3) is 4.53. The molecule has 0 spiro atoms. The molecule has 0 aromatic heterocycles. The Balaban J connectivity index is 1.63. The molecule has 1 saturated heterocycles. The highest BCUT2D eigenvalue weighted by molar-refractivity contribution is 6.31. The van der Waals surface area contributed by atoms with E-state index in [1.807, 2.05) is 36.4 Å². The molecule has 1 N–H and O–H groups in total. The molecule has 1 fully saturated rings. The van der Waals surface area contributed by atoms with Crippen LogP contribution in [0, 0.1) is 5.92 Å². The van der Waals surface area contributed by atoms with E-state index in [4.69, 9.17) is 21.1 Å². The fraction of sp³-hybridized carbons (Fsp3) is 0.350. The van der Waals surface area contributed by atoms with Crippen LogP contribution in [0.25, 0.3) is 11.1 Å². The zero-order valence-corrected chi connectivity index (χ0v) is 15.0. The van der Waals surface area contributed by atoms with Crippen LogP contribution in [0.3, 0.4) is 0 Å². The third-order valence-corrected chi connectivity index (χ3v) is 4.72. The molecule has 0 aliphatic carbocycles. The predicted molar refractivity (Wildman–Crippen MR) is 99.3 cm³/mol. The second-order valence-electron chi connectivity index (χ2n) is 6.20. The van der Waals surface area contributed by atoms with Crippen LogP contribution < -0.4 is 10.1 Å². The van der Waals surface area contributed by atoms with Gasteiger partial charge in [-0.3, -0.25) is 4.79 Å². The van der Waals surface area contributed by atoms with Gasteiger partial charge in [-0.15, -0.1) is 0 Å². The molecule has 1 aliphatic rings. The molecule has 2 aromatic carbocycles. The van der Waals surface area contributed by atoms with Crippen molar-refractivity contribution in [2.24, 2.45) is 5.92 Å². The maximum absolute atomic E-state index is 12.3. The molecule has 1 aliphatic heterocycles. The number of carbonyl (C=O) groups is 1. The lowest BCUT2D eigenvalue weighted by atomic mass is 10.0. The molecule has 1 atom stereocenters. The van der Waals surface area contributed by atoms with Gasteiger partial charge < -0.3 is 14.8 Å². The summed E-state index contributed by atoms with van der Waals surface area (Å²) in [5, 5.41) is 3.62. The van der Waals surface area contributed by atoms with Gasteiger partial charge in [-0.1, -0.05) is 23.7 Å². The van der Waals surface area contributed by atoms with E-state index in [9.17, 15) is 4.79 Å². The second kappa shape index (κ2) is 8.37. The van der Waals surface area contributed by atoms with Crippen LogP contribution in [-0.2, 0) is 4.74 Å². The first kappa shape index (κ1) is 17.8. The highest BCUT2D eigenvalue weighted by Crippen LogP contribution is 2.32. The fourth-order valence-electron chi connectivity index (χ4n) is 3.01. The smallest absolute Gasteiger partial charge is 0.251 e. The standard InChI is InChI=1S/C20H22ClNO3/c1-24-19-7-6-17(21)12-18(19)15-2-4-16(5-3-15)20(23)22-10-8-14-9-11-25-13-14/h2-7,12,14H,8-11,13H2,1H3,(H,22,23)/t14-/m0/s1. The highest BCUT2D eigenvalue weighted by Gasteiger charge is 2.15. The summed E-state index contributed by atoms with van der Waals surface area (Å²) in [7, 11) is 1.63. The first-order valence-corrected chi connectivity index (χ1v) is 8.85. The largest absolute Gasteiger partial charge is 0.496 e. The van der Waals surface area contributed by atoms with Crippen molar-refractivity contribution < 1.29 is 14.3 Å². The molecule has 1 heterocycles. The Morgan fingerprint density at radius 3 is 2.76 bits per heavy atom. The number of benzene rings is 2. The quantitative estimate of drug-likeness (QED) is 0.842. The van der Waals surface area contributed by atoms with E-state index in [2.05, 4.69) is 5.32 Å². The number of amides is 1. The first-order chi connectivity index (χ1) is 12.2. The van der Waals surface area contributed by atoms with Crippen molar-refractivity contribution in [2.45, 2.75) is 12.8 Å². The van der Waals surface area contributed by atoms with E-state index in [0.29, 0.717) is 23.0 Å². The van der Waals surface area contributed by atoms with Gasteiger partial charge in [0.1, 0.15) is 5.75 Å². The molecule has 3 rings (SSSR count). The van der Waals surface area contributed by atoms with Gasteiger partial charge in [-0.2, -0.15) is 0 Å². The van der Waals surface area contributed by atoms with E-state index in [0.717, 1.165) is 42.9 Å². The number of halogens is 1. The Morgan fingerprint density at radius 1 is 1.28 bits per heavy atom. The molecule has 0 bridgehead atoms. The Kier molecular flexibility index (Phi) is 5.95. The van der Waals surface area contributed by atoms with Crippen molar-refractivity contribution in [2.75, 3.05) is 26.9 Å². The first-order valence-electron chi connectivity index (χ1n) is 8.47. The Hall–Kier alpha value is -2.04. The van der Waals surface area contributed by atoms with Gasteiger partial charge >= 0.3 is 0 Å². The number of rotatable bonds is 6. The van der Waals surface area contributed by atoms with E-state index < -0.39 is 0 Å². The van der Waals surface area contributed by atoms with Crippen molar-refractivity contribution in [3.05, 3.63) is 53.1 Å². The molecule has 132 valence electrons. The van der Waals surface area contributed by atoms with Gasteiger partial charge in [0.05, 0.1) is 7.11 Å². The van der Waals surface area contributed by atoms with Gasteiger partial charge in [0, 0.05) is 35.9 Å². The van der Waals surface area contributed by atoms with E-state index in [1.54, 1.807) is 13.2 Å². The zero-order valence-electron chi connectivity index (χ0n) is 14.3. The van der Waals surface area contributed by atoms with Crippen molar-refractivity contribution in [1.82, 2.24) is 5.32 Å². The Bertz CT molecular complexity index is 724. The predicted octanol–water partition coefficient (Wildman–Crippen LogP) is 4.17. The lowest BCUT2D eigenvalue weighted by molar-refractivity contribution is 0.0950. The van der Waals surface area contributed by atoms with Crippen molar-refractivity contribution in [3.8, 4) is 16.9 Å². The average molecular weight is 360 g/mol. The molecule has 25 heavy (non-hydrogen) atoms. The minimum Gasteiger partial charge on any atom is -0.496 e. The summed E-state index contributed by atoms with van der Waals surface area (Å²) in [5.41, 5.74) is 2.51. The molecule has 0 saturated carbocycles. The van der Waals surface area contributed by atoms with Crippen LogP contribution in [0.5, 0.6) is 5.75 Å². The van der Waals surface area contributed by atoms with Gasteiger partial charge in [-0.25, -0.2) is 0 Å². The summed E-state index contributed by atoms with van der Waals surface area (Å²) in [6.45, 7) is 2.33. The van der Waals surface area contributed by atoms with Gasteiger partial charge in [0.15, 0.2) is 0 Å². The van der Waals surface area contributed by atoms with E-state index in [1.165, 1.54) is 0 Å². The van der Waals surface area contributed by atoms with Crippen molar-refractivity contribution >= 4 is 17.5 Å². The lowest BCUT2D eigenvalue weighted by Gasteiger charge is -2.11. The summed E-state index contributed by atoms with van der Waals surface area (Å²) >= 11 is 6.09. The van der Waals surface area contributed by atoms with E-state index >= 15 is 0 Å². The van der Waals surface area contributed by atoms with E-state index in [-0.39, 0.29) is 5.91 Å². The Labute approximate surface area is 153 Å². The van der Waals surface area contributed by atoms with Crippen molar-refractivity contribution in [3.63, 3.8) is 0 Å². The van der Waals surface area contributed by atoms with Crippen LogP contribution in [0.15, 0.2) is 42.5 Å². The van der Waals surface area contributed by atoms with Gasteiger partial charge in [0.2, 0.25) is 0 Å². The highest BCUT2D eigenvalue weighted by atomic mass is 35.5. The summed E-state index contributed by atoms with van der Waals surface area (Å²) in [5.74, 6) is 1.27. The molecule has 0 unspecified atom stereocenters. The van der Waals surface area contributed by atoms with Crippen LogP contribution >= 0.6 is 11.6 Å². The summed E-state index contributed by atoms with van der Waals surface area (Å²) < 4.78 is 10.7.